The molecule has 3 rings (SSSR count). The average Bonchev–Trinajstić information content (AvgIpc) is 3.23. The molecule has 1 heterocycles. The van der Waals surface area contributed by atoms with Gasteiger partial charge in [-0.2, -0.15) is 0 Å². The van der Waals surface area contributed by atoms with Gasteiger partial charge < -0.3 is 20.4 Å². The number of phenols is 1. The molecule has 0 aromatic heterocycles. The highest BCUT2D eigenvalue weighted by Gasteiger charge is 2.41. The van der Waals surface area contributed by atoms with Crippen LogP contribution < -0.4 is 5.32 Å². The fourth-order valence-electron chi connectivity index (χ4n) is 4.04. The number of carboxylic acid groups (broad SMARTS) is 1. The molecule has 0 bridgehead atoms. The maximum Gasteiger partial charge on any atom is 0.326 e. The number of likely N-dealkylation sites (tertiary alicyclic amines) is 1. The third kappa shape index (κ3) is 6.35. The van der Waals surface area contributed by atoms with Gasteiger partial charge >= 0.3 is 5.97 Å². The number of aromatic hydroxyl groups is 1. The summed E-state index contributed by atoms with van der Waals surface area (Å²) in [4.78, 5) is 50.5. The van der Waals surface area contributed by atoms with Crippen LogP contribution in [-0.4, -0.2) is 55.8 Å². The van der Waals surface area contributed by atoms with E-state index in [-0.39, 0.29) is 23.8 Å². The zero-order valence-corrected chi connectivity index (χ0v) is 19.0. The Balaban J connectivity index is 1.72. The average molecular weight is 471 g/mol. The highest BCUT2D eigenvalue weighted by molar-refractivity contribution is 8.14. The molecule has 2 unspecified atom stereocenters. The van der Waals surface area contributed by atoms with Gasteiger partial charge in [-0.1, -0.05) is 54.2 Å². The highest BCUT2D eigenvalue weighted by Crippen LogP contribution is 2.37. The first-order valence-corrected chi connectivity index (χ1v) is 11.5. The topological polar surface area (TPSA) is 124 Å². The summed E-state index contributed by atoms with van der Waals surface area (Å²) in [5.41, 5.74) is 1.51. The molecule has 33 heavy (non-hydrogen) atoms. The van der Waals surface area contributed by atoms with E-state index in [1.54, 1.807) is 12.1 Å². The van der Waals surface area contributed by atoms with E-state index in [9.17, 15) is 29.4 Å². The number of carbonyl (C=O) groups excluding carboxylic acids is 3. The summed E-state index contributed by atoms with van der Waals surface area (Å²) in [6.07, 6.45) is 1.02. The molecule has 174 valence electrons. The number of nitrogens with zero attached hydrogens (tertiary/aromatic N) is 1. The van der Waals surface area contributed by atoms with E-state index in [2.05, 4.69) is 5.32 Å². The number of carboxylic acids is 1. The molecule has 2 aromatic rings. The van der Waals surface area contributed by atoms with E-state index in [0.717, 1.165) is 17.3 Å². The summed E-state index contributed by atoms with van der Waals surface area (Å²) in [5, 5.41) is 21.1. The molecule has 0 saturated carbocycles. The zero-order valence-electron chi connectivity index (χ0n) is 18.1. The summed E-state index contributed by atoms with van der Waals surface area (Å²) in [7, 11) is 0. The van der Waals surface area contributed by atoms with Crippen LogP contribution in [0.2, 0.25) is 0 Å². The van der Waals surface area contributed by atoms with E-state index in [1.807, 2.05) is 30.3 Å². The van der Waals surface area contributed by atoms with Crippen molar-refractivity contribution in [2.45, 2.75) is 43.5 Å². The van der Waals surface area contributed by atoms with Crippen molar-refractivity contribution >= 4 is 34.7 Å². The Hall–Kier alpha value is -3.33. The molecule has 0 spiro atoms. The van der Waals surface area contributed by atoms with Crippen LogP contribution in [0.5, 0.6) is 5.75 Å². The first kappa shape index (κ1) is 24.3. The van der Waals surface area contributed by atoms with Gasteiger partial charge in [0.05, 0.1) is 17.8 Å². The van der Waals surface area contributed by atoms with Gasteiger partial charge in [-0.05, 0) is 42.5 Å². The molecular weight excluding hydrogens is 444 g/mol. The summed E-state index contributed by atoms with van der Waals surface area (Å²) in [6, 6.07) is 14.1. The minimum absolute atomic E-state index is 0.0250. The van der Waals surface area contributed by atoms with Gasteiger partial charge in [-0.3, -0.25) is 14.4 Å². The molecule has 8 nitrogen and oxygen atoms in total. The van der Waals surface area contributed by atoms with Crippen molar-refractivity contribution < 1.29 is 29.4 Å². The Morgan fingerprint density at radius 1 is 1.09 bits per heavy atom. The number of hydrogen-bond donors (Lipinski definition) is 3. The monoisotopic (exact) mass is 470 g/mol. The molecule has 1 fully saturated rings. The molecule has 1 saturated heterocycles. The SMILES string of the molecule is CC(=O)SC(Cc1ccccc1)C(=O)NCC(=O)N1C(c2cccc(O)c2)CC[C@H]1C(=O)O. The zero-order chi connectivity index (χ0) is 24.0. The second-order valence-corrected chi connectivity index (χ2v) is 9.23. The lowest BCUT2D eigenvalue weighted by Crippen LogP contribution is -2.47. The van der Waals surface area contributed by atoms with E-state index < -0.39 is 35.1 Å². The number of amides is 2. The molecule has 1 aliphatic heterocycles. The molecule has 2 amide bonds. The fraction of sp³-hybridized carbons (Fsp3) is 0.333. The van der Waals surface area contributed by atoms with Crippen LogP contribution in [0.1, 0.15) is 36.9 Å². The Labute approximate surface area is 196 Å². The summed E-state index contributed by atoms with van der Waals surface area (Å²) in [5.74, 6) is -2.09. The molecule has 0 aliphatic carbocycles. The Morgan fingerprint density at radius 3 is 2.45 bits per heavy atom. The van der Waals surface area contributed by atoms with Crippen molar-refractivity contribution in [1.29, 1.82) is 0 Å². The van der Waals surface area contributed by atoms with Crippen molar-refractivity contribution in [3.63, 3.8) is 0 Å². The maximum atomic E-state index is 13.0. The normalized spacial score (nSPS) is 18.5. The van der Waals surface area contributed by atoms with Crippen LogP contribution >= 0.6 is 11.8 Å². The van der Waals surface area contributed by atoms with Gasteiger partial charge in [0.25, 0.3) is 0 Å². The third-order valence-corrected chi connectivity index (χ3v) is 6.49. The molecular formula is C24H26N2O6S. The molecule has 3 N–H and O–H groups in total. The van der Waals surface area contributed by atoms with Crippen LogP contribution in [0.4, 0.5) is 0 Å². The predicted molar refractivity (Wildman–Crippen MR) is 124 cm³/mol. The Bertz CT molecular complexity index is 1030. The van der Waals surface area contributed by atoms with Crippen molar-refractivity contribution in [2.24, 2.45) is 0 Å². The molecule has 0 radical (unpaired) electrons. The first-order chi connectivity index (χ1) is 15.8. The van der Waals surface area contributed by atoms with Crippen molar-refractivity contribution in [1.82, 2.24) is 10.2 Å². The number of phenolic OH excluding ortho intramolecular Hbond substituents is 1. The molecule has 1 aliphatic rings. The summed E-state index contributed by atoms with van der Waals surface area (Å²) >= 11 is 0.893. The van der Waals surface area contributed by atoms with Gasteiger partial charge in [0.2, 0.25) is 11.8 Å². The number of benzene rings is 2. The van der Waals surface area contributed by atoms with Gasteiger partial charge in [0, 0.05) is 6.92 Å². The number of hydrogen-bond acceptors (Lipinski definition) is 6. The predicted octanol–water partition coefficient (Wildman–Crippen LogP) is 2.52. The second kappa shape index (κ2) is 11.0. The lowest BCUT2D eigenvalue weighted by Gasteiger charge is -2.29. The van der Waals surface area contributed by atoms with Gasteiger partial charge in [0.15, 0.2) is 5.12 Å². The third-order valence-electron chi connectivity index (χ3n) is 5.49. The van der Waals surface area contributed by atoms with Crippen LogP contribution in [0.15, 0.2) is 54.6 Å². The van der Waals surface area contributed by atoms with Crippen LogP contribution in [0, 0.1) is 0 Å². The smallest absolute Gasteiger partial charge is 0.326 e. The number of aliphatic carboxylic acids is 1. The summed E-state index contributed by atoms with van der Waals surface area (Å²) in [6.45, 7) is 0.990. The highest BCUT2D eigenvalue weighted by atomic mass is 32.2. The van der Waals surface area contributed by atoms with E-state index in [0.29, 0.717) is 18.4 Å². The largest absolute Gasteiger partial charge is 0.508 e. The van der Waals surface area contributed by atoms with E-state index >= 15 is 0 Å². The van der Waals surface area contributed by atoms with Crippen molar-refractivity contribution in [3.8, 4) is 5.75 Å². The van der Waals surface area contributed by atoms with Crippen molar-refractivity contribution in [2.75, 3.05) is 6.54 Å². The number of carbonyl (C=O) groups is 4. The van der Waals surface area contributed by atoms with E-state index in [1.165, 1.54) is 24.0 Å². The van der Waals surface area contributed by atoms with Gasteiger partial charge in [-0.15, -0.1) is 0 Å². The van der Waals surface area contributed by atoms with Crippen LogP contribution in [0.3, 0.4) is 0 Å². The Kier molecular flexibility index (Phi) is 8.11. The van der Waals surface area contributed by atoms with Gasteiger partial charge in [0.1, 0.15) is 11.8 Å². The van der Waals surface area contributed by atoms with Gasteiger partial charge in [-0.25, -0.2) is 4.79 Å². The maximum absolute atomic E-state index is 13.0. The minimum Gasteiger partial charge on any atom is -0.508 e. The lowest BCUT2D eigenvalue weighted by molar-refractivity contribution is -0.149. The van der Waals surface area contributed by atoms with E-state index in [4.69, 9.17) is 0 Å². The fourth-order valence-corrected chi connectivity index (χ4v) is 4.91. The quantitative estimate of drug-likeness (QED) is 0.542. The summed E-state index contributed by atoms with van der Waals surface area (Å²) < 4.78 is 0. The minimum atomic E-state index is -1.12. The number of rotatable bonds is 8. The second-order valence-electron chi connectivity index (χ2n) is 7.85. The standard InChI is InChI=1S/C24H26N2O6S/c1-15(27)33-21(12-16-6-3-2-4-7-16)23(30)25-14-22(29)26-19(10-11-20(26)24(31)32)17-8-5-9-18(28)13-17/h2-9,13,19-21,28H,10-12,14H2,1H3,(H,25,30)(H,31,32)/t19?,20-,21?/m0/s1. The number of nitrogens with one attached hydrogen (secondary N) is 1. The Morgan fingerprint density at radius 2 is 1.82 bits per heavy atom. The lowest BCUT2D eigenvalue weighted by atomic mass is 10.0. The van der Waals surface area contributed by atoms with Crippen LogP contribution in [0.25, 0.3) is 0 Å². The first-order valence-electron chi connectivity index (χ1n) is 10.6. The van der Waals surface area contributed by atoms with Crippen LogP contribution in [-0.2, 0) is 25.6 Å². The number of thioether (sulfide) groups is 1. The molecule has 9 heteroatoms. The molecule has 3 atom stereocenters. The molecule has 2 aromatic carbocycles. The van der Waals surface area contributed by atoms with Crippen molar-refractivity contribution in [3.05, 3.63) is 65.7 Å².